The number of nitrogens with one attached hydrogen (secondary N) is 1. The highest BCUT2D eigenvalue weighted by molar-refractivity contribution is 8.00. The van der Waals surface area contributed by atoms with Crippen LogP contribution in [0.15, 0.2) is 82.6 Å². The summed E-state index contributed by atoms with van der Waals surface area (Å²) in [4.78, 5) is 43.5. The molecule has 12 heteroatoms. The molecule has 0 bridgehead atoms. The summed E-state index contributed by atoms with van der Waals surface area (Å²) in [5, 5.41) is -0.350. The predicted molar refractivity (Wildman–Crippen MR) is 146 cm³/mol. The summed E-state index contributed by atoms with van der Waals surface area (Å²) < 4.78 is 47.8. The molecule has 3 atom stereocenters. The van der Waals surface area contributed by atoms with E-state index in [9.17, 15) is 27.6 Å². The third-order valence-corrected chi connectivity index (χ3v) is 9.45. The van der Waals surface area contributed by atoms with Gasteiger partial charge >= 0.3 is 11.0 Å². The van der Waals surface area contributed by atoms with Crippen molar-refractivity contribution in [1.82, 2.24) is 4.98 Å². The normalized spacial score (nSPS) is 20.4. The number of thioether (sulfide) groups is 1. The molecule has 1 N–H and O–H groups in total. The van der Waals surface area contributed by atoms with Crippen molar-refractivity contribution in [2.24, 2.45) is 5.92 Å². The largest absolute Gasteiger partial charge is 0.489 e. The summed E-state index contributed by atoms with van der Waals surface area (Å²) in [6, 6.07) is 18.7. The Kier molecular flexibility index (Phi) is 6.76. The highest BCUT2D eigenvalue weighted by Crippen LogP contribution is 2.55. The fourth-order valence-electron chi connectivity index (χ4n) is 5.13. The highest BCUT2D eigenvalue weighted by atomic mass is 35.5. The number of imide groups is 1. The quantitative estimate of drug-likeness (QED) is 0.264. The van der Waals surface area contributed by atoms with E-state index in [2.05, 4.69) is 4.98 Å². The standard InChI is InChI=1S/C28H18ClF3N2O4S2/c29-15-10-11-19(38-13-14-6-2-1-3-7-14)16(12-15)20-21-23(39-24-22(20)40-27(37)33-24)26(36)34(25(21)35)18-9-5-4-8-17(18)28(30,31)32/h1-12,20-21,23H,13H2,(H,33,37)/t20-,21-,23+/m0/s1. The Morgan fingerprint density at radius 2 is 1.68 bits per heavy atom. The second-order valence-corrected chi connectivity index (χ2v) is 11.8. The van der Waals surface area contributed by atoms with Crippen molar-refractivity contribution >= 4 is 52.2 Å². The third-order valence-electron chi connectivity index (χ3n) is 6.82. The minimum atomic E-state index is -4.79. The first-order valence-electron chi connectivity index (χ1n) is 12.0. The minimum Gasteiger partial charge on any atom is -0.489 e. The molecule has 0 radical (unpaired) electrons. The molecule has 40 heavy (non-hydrogen) atoms. The first-order chi connectivity index (χ1) is 19.1. The monoisotopic (exact) mass is 602 g/mol. The average Bonchev–Trinajstić information content (AvgIpc) is 3.42. The van der Waals surface area contributed by atoms with E-state index in [1.807, 2.05) is 30.3 Å². The molecule has 1 fully saturated rings. The molecule has 1 saturated heterocycles. The lowest BCUT2D eigenvalue weighted by molar-refractivity contribution is -0.137. The van der Waals surface area contributed by atoms with Crippen LogP contribution in [0.3, 0.4) is 0 Å². The van der Waals surface area contributed by atoms with Crippen LogP contribution >= 0.6 is 34.7 Å². The average molecular weight is 603 g/mol. The van der Waals surface area contributed by atoms with Gasteiger partial charge in [-0.15, -0.1) is 0 Å². The number of benzene rings is 3. The number of anilines is 1. The van der Waals surface area contributed by atoms with Gasteiger partial charge in [-0.05, 0) is 35.9 Å². The molecule has 6 nitrogen and oxygen atoms in total. The number of H-pyrrole nitrogens is 1. The van der Waals surface area contributed by atoms with Gasteiger partial charge in [-0.3, -0.25) is 14.4 Å². The summed E-state index contributed by atoms with van der Waals surface area (Å²) in [7, 11) is 0. The number of carbonyl (C=O) groups is 2. The Morgan fingerprint density at radius 3 is 2.42 bits per heavy atom. The Morgan fingerprint density at radius 1 is 0.950 bits per heavy atom. The number of aromatic nitrogens is 1. The van der Waals surface area contributed by atoms with Gasteiger partial charge in [0, 0.05) is 21.4 Å². The van der Waals surface area contributed by atoms with Gasteiger partial charge in [0.25, 0.3) is 0 Å². The number of thiazole rings is 1. The van der Waals surface area contributed by atoms with E-state index < -0.39 is 46.3 Å². The van der Waals surface area contributed by atoms with Crippen LogP contribution in [0.25, 0.3) is 0 Å². The van der Waals surface area contributed by atoms with Crippen molar-refractivity contribution in [2.45, 2.75) is 29.0 Å². The maximum Gasteiger partial charge on any atom is 0.418 e. The number of ether oxygens (including phenoxy) is 1. The van der Waals surface area contributed by atoms with Gasteiger partial charge in [-0.2, -0.15) is 13.2 Å². The SMILES string of the molecule is O=C1[C@H]2[C@H](c3cc(Cl)ccc3OCc3ccccc3)c3sc(=O)[nH]c3S[C@H]2C(=O)N1c1ccccc1C(F)(F)F. The Balaban J connectivity index is 1.47. The number of para-hydroxylation sites is 1. The molecule has 2 aliphatic heterocycles. The number of hydrogen-bond acceptors (Lipinski definition) is 6. The molecule has 204 valence electrons. The topological polar surface area (TPSA) is 79.5 Å². The third kappa shape index (κ3) is 4.61. The van der Waals surface area contributed by atoms with Crippen molar-refractivity contribution < 1.29 is 27.5 Å². The van der Waals surface area contributed by atoms with Crippen LogP contribution in [0.5, 0.6) is 5.75 Å². The molecular formula is C28H18ClF3N2O4S2. The molecule has 0 aliphatic carbocycles. The van der Waals surface area contributed by atoms with Crippen molar-refractivity contribution in [3.05, 3.63) is 109 Å². The molecule has 0 saturated carbocycles. The zero-order chi connectivity index (χ0) is 28.2. The van der Waals surface area contributed by atoms with Crippen LogP contribution in [0, 0.1) is 5.92 Å². The maximum absolute atomic E-state index is 14.0. The van der Waals surface area contributed by atoms with Crippen molar-refractivity contribution in [1.29, 1.82) is 0 Å². The van der Waals surface area contributed by atoms with Gasteiger partial charge < -0.3 is 9.72 Å². The Hall–Kier alpha value is -3.54. The van der Waals surface area contributed by atoms with Gasteiger partial charge in [0.15, 0.2) is 0 Å². The van der Waals surface area contributed by atoms with E-state index in [1.54, 1.807) is 18.2 Å². The summed E-state index contributed by atoms with van der Waals surface area (Å²) >= 11 is 8.24. The second kappa shape index (κ2) is 10.1. The van der Waals surface area contributed by atoms with Gasteiger partial charge in [0.1, 0.15) is 17.6 Å². The number of nitrogens with zero attached hydrogens (tertiary/aromatic N) is 1. The predicted octanol–water partition coefficient (Wildman–Crippen LogP) is 6.48. The second-order valence-electron chi connectivity index (χ2n) is 9.23. The molecule has 6 rings (SSSR count). The smallest absolute Gasteiger partial charge is 0.418 e. The summed E-state index contributed by atoms with van der Waals surface area (Å²) in [5.41, 5.74) is -0.270. The number of amides is 2. The number of carbonyl (C=O) groups excluding carboxylic acids is 2. The van der Waals surface area contributed by atoms with Gasteiger partial charge in [-0.25, -0.2) is 4.90 Å². The Labute approximate surface area is 238 Å². The number of hydrogen-bond donors (Lipinski definition) is 1. The van der Waals surface area contributed by atoms with Crippen LogP contribution in [0.4, 0.5) is 18.9 Å². The zero-order valence-electron chi connectivity index (χ0n) is 20.3. The van der Waals surface area contributed by atoms with Crippen LogP contribution < -0.4 is 14.5 Å². The maximum atomic E-state index is 14.0. The minimum absolute atomic E-state index is 0.194. The molecule has 4 aromatic rings. The number of alkyl halides is 3. The first-order valence-corrected chi connectivity index (χ1v) is 14.1. The van der Waals surface area contributed by atoms with Crippen molar-refractivity contribution in [3.8, 4) is 5.75 Å². The van der Waals surface area contributed by atoms with E-state index in [1.165, 1.54) is 12.1 Å². The molecule has 1 aromatic heterocycles. The fourth-order valence-corrected chi connectivity index (χ4v) is 7.81. The molecule has 3 heterocycles. The zero-order valence-corrected chi connectivity index (χ0v) is 22.7. The van der Waals surface area contributed by atoms with E-state index >= 15 is 0 Å². The summed E-state index contributed by atoms with van der Waals surface area (Å²) in [5.74, 6) is -3.16. The lowest BCUT2D eigenvalue weighted by atomic mass is 9.82. The van der Waals surface area contributed by atoms with Gasteiger partial charge in [0.05, 0.1) is 22.2 Å². The van der Waals surface area contributed by atoms with Crippen molar-refractivity contribution in [2.75, 3.05) is 4.90 Å². The fraction of sp³-hybridized carbons (Fsp3) is 0.179. The molecule has 0 unspecified atom stereocenters. The van der Waals surface area contributed by atoms with E-state index in [0.717, 1.165) is 40.8 Å². The summed E-state index contributed by atoms with van der Waals surface area (Å²) in [6.07, 6.45) is -4.79. The van der Waals surface area contributed by atoms with E-state index in [-0.39, 0.29) is 11.5 Å². The number of rotatable bonds is 5. The highest BCUT2D eigenvalue weighted by Gasteiger charge is 2.57. The van der Waals surface area contributed by atoms with Crippen LogP contribution in [-0.4, -0.2) is 22.0 Å². The van der Waals surface area contributed by atoms with Gasteiger partial charge in [-0.1, -0.05) is 77.2 Å². The van der Waals surface area contributed by atoms with Crippen LogP contribution in [0.2, 0.25) is 5.02 Å². The van der Waals surface area contributed by atoms with Crippen LogP contribution in [0.1, 0.15) is 27.5 Å². The first kappa shape index (κ1) is 26.7. The van der Waals surface area contributed by atoms with E-state index in [0.29, 0.717) is 31.1 Å². The van der Waals surface area contributed by atoms with Gasteiger partial charge in [0.2, 0.25) is 11.8 Å². The molecule has 3 aromatic carbocycles. The molecule has 2 aliphatic rings. The number of aromatic amines is 1. The molecule has 2 amide bonds. The molecular weight excluding hydrogens is 585 g/mol. The summed E-state index contributed by atoms with van der Waals surface area (Å²) in [6.45, 7) is 0.194. The van der Waals surface area contributed by atoms with Crippen LogP contribution in [-0.2, 0) is 22.4 Å². The van der Waals surface area contributed by atoms with Crippen molar-refractivity contribution in [3.63, 3.8) is 0 Å². The number of halogens is 4. The molecule has 0 spiro atoms. The Bertz CT molecular complexity index is 1690. The van der Waals surface area contributed by atoms with E-state index in [4.69, 9.17) is 16.3 Å². The lowest BCUT2D eigenvalue weighted by Crippen LogP contribution is -2.33. The number of fused-ring (bicyclic) bond motifs is 2. The lowest BCUT2D eigenvalue weighted by Gasteiger charge is -2.31.